The molecule has 4 aliphatic rings. The predicted molar refractivity (Wildman–Crippen MR) is 542 cm³/mol. The molecular formula is C94H96Cl8N20O19. The molecule has 47 heteroatoms. The maximum atomic E-state index is 13.4. The van der Waals surface area contributed by atoms with Crippen LogP contribution in [0.3, 0.4) is 0 Å². The number of nitrogens with one attached hydrogen (secondary N) is 8. The maximum absolute atomic E-state index is 13.4. The topological polar surface area (TPSA) is 457 Å². The number of anilines is 4. The molecule has 11 heterocycles. The fraction of sp³-hybridized carbons (Fsp3) is 0.319. The second-order valence-electron chi connectivity index (χ2n) is 31.9. The van der Waals surface area contributed by atoms with Crippen LogP contribution in [0.1, 0.15) is 25.7 Å². The largest absolute Gasteiger partial charge is 0.495 e. The van der Waals surface area contributed by atoms with Gasteiger partial charge >= 0.3 is 0 Å². The van der Waals surface area contributed by atoms with Crippen LogP contribution in [0, 0.1) is 0 Å². The van der Waals surface area contributed by atoms with Crippen LogP contribution in [0.15, 0.2) is 143 Å². The number of benzene rings is 4. The Bertz CT molecular complexity index is 6590. The van der Waals surface area contributed by atoms with Gasteiger partial charge in [-0.05, 0) is 61.4 Å². The zero-order valence-electron chi connectivity index (χ0n) is 77.9. The van der Waals surface area contributed by atoms with Gasteiger partial charge in [0.15, 0.2) is 0 Å². The lowest BCUT2D eigenvalue weighted by Crippen LogP contribution is -2.48. The minimum Gasteiger partial charge on any atom is -0.495 e. The number of aryl methyl sites for hydroxylation is 4. The van der Waals surface area contributed by atoms with Crippen LogP contribution in [-0.2, 0) is 61.6 Å². The Morgan fingerprint density at radius 3 is 0.709 bits per heavy atom. The van der Waals surface area contributed by atoms with E-state index in [2.05, 4.69) is 109 Å². The van der Waals surface area contributed by atoms with Gasteiger partial charge in [-0.25, -0.2) is 19.9 Å². The molecule has 4 amide bonds. The third-order valence-corrected chi connectivity index (χ3v) is 26.5. The van der Waals surface area contributed by atoms with E-state index >= 15 is 0 Å². The first kappa shape index (κ1) is 105. The quantitative estimate of drug-likeness (QED) is 0.0211. The van der Waals surface area contributed by atoms with E-state index in [9.17, 15) is 38.4 Å². The minimum atomic E-state index is -0.374. The van der Waals surface area contributed by atoms with Crippen molar-refractivity contribution in [2.24, 2.45) is 28.2 Å². The molecule has 0 radical (unpaired) electrons. The van der Waals surface area contributed by atoms with E-state index in [1.54, 1.807) is 102 Å². The van der Waals surface area contributed by atoms with Crippen LogP contribution in [0.5, 0.6) is 46.0 Å². The molecule has 0 spiro atoms. The number of hydrogen-bond donors (Lipinski definition) is 8. The number of aromatic nitrogens is 12. The number of halogens is 8. The lowest BCUT2D eigenvalue weighted by molar-refractivity contribution is -0.118. The number of ether oxygens (including phenoxy) is 11. The standard InChI is InChI=1S/C25H27Cl2N5O4.3C23H23Cl2N5O5/c1-5-19(33)29-15-8-6-7-9-16(15)30-25-28-12-13-10-14(24(34)32(2)23(13)31-25)20-21(26)17(35-3)11-18(36-4)22(20)27;3*1-5-17(31)27-13-9-35-10-14(13)28-23-26-8-11-6-12(22(32)30(2)21(11)29-23)18-19(24)15(33-3)7-16(34-4)20(18)25/h5,10-12,15-16H,1,6-9H2,2-4H3,(H,29,33)(H,28,30,31);3*5-8,13-14H,1,9-10H2,2-4H3,(H,27,31)(H,26,28,29)/t15-,16+;2*13-,14+;/m010./s1. The van der Waals surface area contributed by atoms with Crippen LogP contribution < -0.4 is 103 Å². The number of nitrogens with zero attached hydrogens (tertiary/aromatic N) is 12. The van der Waals surface area contributed by atoms with E-state index in [1.165, 1.54) is 99.5 Å². The fourth-order valence-electron chi connectivity index (χ4n) is 16.1. The Hall–Kier alpha value is -13.3. The van der Waals surface area contributed by atoms with Crippen molar-refractivity contribution in [2.45, 2.75) is 74.0 Å². The van der Waals surface area contributed by atoms with E-state index in [4.69, 9.17) is 145 Å². The zero-order valence-corrected chi connectivity index (χ0v) is 84.0. The summed E-state index contributed by atoms with van der Waals surface area (Å²) in [6.45, 7) is 16.0. The van der Waals surface area contributed by atoms with Gasteiger partial charge in [-0.2, -0.15) is 19.9 Å². The van der Waals surface area contributed by atoms with E-state index in [-0.39, 0.29) is 191 Å². The molecule has 3 saturated heterocycles. The van der Waals surface area contributed by atoms with Crippen LogP contribution in [0.4, 0.5) is 23.8 Å². The molecule has 39 nitrogen and oxygen atoms in total. The number of rotatable bonds is 28. The summed E-state index contributed by atoms with van der Waals surface area (Å²) in [4.78, 5) is 136. The highest BCUT2D eigenvalue weighted by Gasteiger charge is 2.36. The van der Waals surface area contributed by atoms with E-state index in [0.29, 0.717) is 141 Å². The highest BCUT2D eigenvalue weighted by molar-refractivity contribution is 6.43. The Balaban J connectivity index is 0.000000158. The van der Waals surface area contributed by atoms with Crippen molar-refractivity contribution in [3.05, 3.63) is 206 Å². The lowest BCUT2D eigenvalue weighted by Gasteiger charge is -2.32. The highest BCUT2D eigenvalue weighted by atomic mass is 35.5. The Morgan fingerprint density at radius 2 is 0.504 bits per heavy atom. The highest BCUT2D eigenvalue weighted by Crippen LogP contribution is 2.50. The Labute approximate surface area is 845 Å². The summed E-state index contributed by atoms with van der Waals surface area (Å²) in [7, 11) is 18.1. The zero-order chi connectivity index (χ0) is 102. The van der Waals surface area contributed by atoms with Gasteiger partial charge in [0, 0.05) is 133 Å². The van der Waals surface area contributed by atoms with Gasteiger partial charge in [-0.15, -0.1) is 0 Å². The number of fused-ring (bicyclic) bond motifs is 4. The summed E-state index contributed by atoms with van der Waals surface area (Å²) < 4.78 is 64.7. The average Bonchev–Trinajstić information content (AvgIpc) is 1.02. The van der Waals surface area contributed by atoms with Crippen LogP contribution in [-0.4, -0.2) is 227 Å². The van der Waals surface area contributed by atoms with Crippen LogP contribution >= 0.6 is 92.8 Å². The molecule has 12 aromatic rings. The van der Waals surface area contributed by atoms with Crippen molar-refractivity contribution in [3.63, 3.8) is 0 Å². The molecule has 2 unspecified atom stereocenters. The van der Waals surface area contributed by atoms with Gasteiger partial charge in [0.25, 0.3) is 22.2 Å². The summed E-state index contributed by atoms with van der Waals surface area (Å²) in [5, 5.41) is 28.1. The summed E-state index contributed by atoms with van der Waals surface area (Å²) >= 11 is 52.3. The summed E-state index contributed by atoms with van der Waals surface area (Å²) in [6, 6.07) is 11.0. The normalized spacial score (nSPS) is 17.3. The first-order chi connectivity index (χ1) is 67.6. The number of hydrogen-bond acceptors (Lipinski definition) is 31. The van der Waals surface area contributed by atoms with Gasteiger partial charge < -0.3 is 94.6 Å². The molecule has 8 N–H and O–H groups in total. The summed E-state index contributed by atoms with van der Waals surface area (Å²) in [5.74, 6) is 2.68. The molecule has 141 heavy (non-hydrogen) atoms. The molecule has 16 rings (SSSR count). The molecule has 1 saturated carbocycles. The Morgan fingerprint density at radius 1 is 0.312 bits per heavy atom. The van der Waals surface area contributed by atoms with Crippen molar-refractivity contribution in [3.8, 4) is 90.5 Å². The van der Waals surface area contributed by atoms with Crippen molar-refractivity contribution < 1.29 is 71.3 Å². The molecule has 4 aromatic carbocycles. The first-order valence-electron chi connectivity index (χ1n) is 43.0. The van der Waals surface area contributed by atoms with Gasteiger partial charge in [0.1, 0.15) is 68.6 Å². The van der Waals surface area contributed by atoms with Crippen molar-refractivity contribution in [1.29, 1.82) is 0 Å². The number of amides is 4. The number of carbonyl (C=O) groups excluding carboxylic acids is 4. The molecule has 742 valence electrons. The van der Waals surface area contributed by atoms with Crippen LogP contribution in [0.2, 0.25) is 40.2 Å². The van der Waals surface area contributed by atoms with Gasteiger partial charge in [0.2, 0.25) is 47.4 Å². The molecule has 3 aliphatic heterocycles. The third-order valence-electron chi connectivity index (χ3n) is 23.5. The molecule has 1 aliphatic carbocycles. The van der Waals surface area contributed by atoms with E-state index < -0.39 is 0 Å². The fourth-order valence-corrected chi connectivity index (χ4v) is 18.9. The number of methoxy groups -OCH3 is 8. The number of carbonyl (C=O) groups is 4. The average molecular weight is 2090 g/mol. The van der Waals surface area contributed by atoms with Crippen molar-refractivity contribution in [2.75, 3.05) is 118 Å². The Kier molecular flexibility index (Phi) is 34.6. The van der Waals surface area contributed by atoms with E-state index in [1.807, 2.05) is 0 Å². The first-order valence-corrected chi connectivity index (χ1v) is 46.1. The molecular weight excluding hydrogens is 2000 g/mol. The summed E-state index contributed by atoms with van der Waals surface area (Å²) in [5.41, 5.74) is 2.32. The smallest absolute Gasteiger partial charge is 0.259 e. The second-order valence-corrected chi connectivity index (χ2v) is 34.9. The third kappa shape index (κ3) is 22.5. The van der Waals surface area contributed by atoms with E-state index in [0.717, 1.165) is 25.7 Å². The maximum Gasteiger partial charge on any atom is 0.259 e. The molecule has 8 atom stereocenters. The van der Waals surface area contributed by atoms with Gasteiger partial charge in [-0.1, -0.05) is 132 Å². The lowest BCUT2D eigenvalue weighted by atomic mass is 9.90. The summed E-state index contributed by atoms with van der Waals surface area (Å²) in [6.07, 6.45) is 15.0. The van der Waals surface area contributed by atoms with Gasteiger partial charge in [-0.3, -0.25) is 56.6 Å². The molecule has 8 aromatic heterocycles. The van der Waals surface area contributed by atoms with Crippen molar-refractivity contribution >= 4 is 184 Å². The predicted octanol–water partition coefficient (Wildman–Crippen LogP) is 12.7. The number of pyridine rings is 4. The van der Waals surface area contributed by atoms with Gasteiger partial charge in [0.05, 0.1) is 195 Å². The second kappa shape index (κ2) is 46.4. The minimum absolute atomic E-state index is 0.0433. The monoisotopic (exact) mass is 2090 g/mol. The van der Waals surface area contributed by atoms with Crippen LogP contribution in [0.25, 0.3) is 88.6 Å². The SMILES string of the molecule is C=CC(=O)NC1COCC1Nc1ncc2cc(-c3c(Cl)c(OC)cc(OC)c3Cl)c(=O)n(C)c2n1.C=CC(=O)N[C@@H]1COC[C@@H]1Nc1ncc2cc(-c3c(Cl)c(OC)cc(OC)c3Cl)c(=O)n(C)c2n1.C=CC(=O)N[C@H]1CCCC[C@H]1Nc1ncc2cc(-c3c(Cl)c(OC)cc(OC)c3Cl)c(=O)n(C)c2n1.C=CC(=O)N[C@H]1COC[C@H]1Nc1ncc2cc(-c3c(Cl)c(OC)cc(OC)c3Cl)c(=O)n(C)c2n1. The molecule has 0 bridgehead atoms. The molecule has 4 fully saturated rings. The van der Waals surface area contributed by atoms with Crippen molar-refractivity contribution in [1.82, 2.24) is 79.4 Å².